The molecule has 0 spiro atoms. The van der Waals surface area contributed by atoms with Gasteiger partial charge in [-0.3, -0.25) is 4.79 Å². The first-order valence-electron chi connectivity index (χ1n) is 10.8. The second kappa shape index (κ2) is 9.14. The number of H-pyrrole nitrogens is 1. The molecule has 0 atom stereocenters. The number of ether oxygens (including phenoxy) is 1. The molecule has 5 rings (SSSR count). The average Bonchev–Trinajstić information content (AvgIpc) is 3.24. The lowest BCUT2D eigenvalue weighted by Crippen LogP contribution is -2.21. The Labute approximate surface area is 191 Å². The summed E-state index contributed by atoms with van der Waals surface area (Å²) in [7, 11) is 1.65. The molecule has 0 unspecified atom stereocenters. The van der Waals surface area contributed by atoms with Crippen LogP contribution < -0.4 is 15.6 Å². The molecule has 0 saturated carbocycles. The van der Waals surface area contributed by atoms with Crippen molar-refractivity contribution >= 4 is 11.0 Å². The van der Waals surface area contributed by atoms with Crippen molar-refractivity contribution in [3.05, 3.63) is 112 Å². The third kappa shape index (κ3) is 4.29. The number of hydrogen-bond donors (Lipinski definition) is 2. The number of nitrogens with one attached hydrogen (secondary N) is 2. The Balaban J connectivity index is 1.50. The molecule has 0 radical (unpaired) electrons. The van der Waals surface area contributed by atoms with E-state index in [1.807, 2.05) is 91.0 Å². The molecule has 0 aliphatic heterocycles. The molecule has 0 fully saturated rings. The third-order valence-corrected chi connectivity index (χ3v) is 5.62. The van der Waals surface area contributed by atoms with Crippen molar-refractivity contribution in [1.82, 2.24) is 20.1 Å². The van der Waals surface area contributed by atoms with E-state index in [1.54, 1.807) is 11.8 Å². The summed E-state index contributed by atoms with van der Waals surface area (Å²) in [5.41, 5.74) is 5.08. The molecule has 6 nitrogen and oxygen atoms in total. The number of para-hydroxylation sites is 1. The molecule has 0 saturated heterocycles. The maximum absolute atomic E-state index is 12.9. The van der Waals surface area contributed by atoms with E-state index in [0.717, 1.165) is 33.6 Å². The summed E-state index contributed by atoms with van der Waals surface area (Å²) in [4.78, 5) is 16.0. The molecule has 5 aromatic rings. The van der Waals surface area contributed by atoms with Crippen LogP contribution in [-0.4, -0.2) is 21.9 Å². The van der Waals surface area contributed by atoms with Gasteiger partial charge >= 0.3 is 0 Å². The topological polar surface area (TPSA) is 71.9 Å². The van der Waals surface area contributed by atoms with Crippen LogP contribution in [0.4, 0.5) is 0 Å². The lowest BCUT2D eigenvalue weighted by Gasteiger charge is -2.07. The Bertz CT molecular complexity index is 1420. The first kappa shape index (κ1) is 20.7. The SMILES string of the molecule is COc1ccc(CNCc2cc3c(-c4ccccc4)nn(-c4ccccc4)c3[nH]c2=O)cc1. The van der Waals surface area contributed by atoms with Crippen molar-refractivity contribution in [2.24, 2.45) is 0 Å². The summed E-state index contributed by atoms with van der Waals surface area (Å²) >= 11 is 0. The van der Waals surface area contributed by atoms with E-state index in [4.69, 9.17) is 9.84 Å². The number of rotatable bonds is 7. The van der Waals surface area contributed by atoms with Crippen LogP contribution in [0.5, 0.6) is 5.75 Å². The molecule has 0 aliphatic rings. The first-order chi connectivity index (χ1) is 16.2. The van der Waals surface area contributed by atoms with Gasteiger partial charge in [0.25, 0.3) is 5.56 Å². The number of pyridine rings is 1. The lowest BCUT2D eigenvalue weighted by atomic mass is 10.1. The minimum Gasteiger partial charge on any atom is -0.497 e. The number of nitrogens with zero attached hydrogens (tertiary/aromatic N) is 2. The third-order valence-electron chi connectivity index (χ3n) is 5.62. The quantitative estimate of drug-likeness (QED) is 0.389. The van der Waals surface area contributed by atoms with Gasteiger partial charge in [-0.1, -0.05) is 60.7 Å². The van der Waals surface area contributed by atoms with Crippen LogP contribution in [0, 0.1) is 0 Å². The standard InChI is InChI=1S/C27H24N4O2/c1-33-23-14-12-19(13-15-23)17-28-18-21-16-24-25(20-8-4-2-5-9-20)30-31(26(24)29-27(21)32)22-10-6-3-7-11-22/h2-16,28H,17-18H2,1H3,(H,29,32). The number of aromatic amines is 1. The molecule has 0 amide bonds. The summed E-state index contributed by atoms with van der Waals surface area (Å²) in [5, 5.41) is 9.15. The highest BCUT2D eigenvalue weighted by Crippen LogP contribution is 2.28. The van der Waals surface area contributed by atoms with Crippen LogP contribution in [0.1, 0.15) is 11.1 Å². The fourth-order valence-corrected chi connectivity index (χ4v) is 3.90. The smallest absolute Gasteiger partial charge is 0.254 e. The van der Waals surface area contributed by atoms with E-state index in [1.165, 1.54) is 0 Å². The Morgan fingerprint density at radius 1 is 0.909 bits per heavy atom. The Hall–Kier alpha value is -4.16. The van der Waals surface area contributed by atoms with E-state index in [0.29, 0.717) is 24.3 Å². The minimum absolute atomic E-state index is 0.124. The molecule has 3 aromatic carbocycles. The zero-order chi connectivity index (χ0) is 22.6. The van der Waals surface area contributed by atoms with Gasteiger partial charge in [0.05, 0.1) is 12.8 Å². The fourth-order valence-electron chi connectivity index (χ4n) is 3.90. The van der Waals surface area contributed by atoms with Gasteiger partial charge in [-0.15, -0.1) is 0 Å². The molecule has 0 aliphatic carbocycles. The number of hydrogen-bond acceptors (Lipinski definition) is 4. The zero-order valence-corrected chi connectivity index (χ0v) is 18.3. The molecule has 164 valence electrons. The van der Waals surface area contributed by atoms with E-state index in [-0.39, 0.29) is 5.56 Å². The van der Waals surface area contributed by atoms with E-state index >= 15 is 0 Å². The first-order valence-corrected chi connectivity index (χ1v) is 10.8. The van der Waals surface area contributed by atoms with Crippen molar-refractivity contribution < 1.29 is 4.74 Å². The molecule has 2 heterocycles. The van der Waals surface area contributed by atoms with Crippen molar-refractivity contribution in [3.8, 4) is 22.7 Å². The van der Waals surface area contributed by atoms with Crippen LogP contribution in [0.15, 0.2) is 95.8 Å². The van der Waals surface area contributed by atoms with Crippen LogP contribution in [-0.2, 0) is 13.1 Å². The summed E-state index contributed by atoms with van der Waals surface area (Å²) in [6.07, 6.45) is 0. The zero-order valence-electron chi connectivity index (χ0n) is 18.3. The Morgan fingerprint density at radius 2 is 1.61 bits per heavy atom. The number of fused-ring (bicyclic) bond motifs is 1. The number of methoxy groups -OCH3 is 1. The largest absolute Gasteiger partial charge is 0.497 e. The van der Waals surface area contributed by atoms with Gasteiger partial charge in [0, 0.05) is 29.6 Å². The number of aromatic nitrogens is 3. The summed E-state index contributed by atoms with van der Waals surface area (Å²) in [5.74, 6) is 0.824. The molecular weight excluding hydrogens is 412 g/mol. The maximum atomic E-state index is 12.9. The van der Waals surface area contributed by atoms with Gasteiger partial charge < -0.3 is 15.0 Å². The van der Waals surface area contributed by atoms with Crippen molar-refractivity contribution in [2.75, 3.05) is 7.11 Å². The monoisotopic (exact) mass is 436 g/mol. The van der Waals surface area contributed by atoms with E-state index < -0.39 is 0 Å². The van der Waals surface area contributed by atoms with E-state index in [2.05, 4.69) is 10.3 Å². The van der Waals surface area contributed by atoms with Gasteiger partial charge in [0.1, 0.15) is 17.1 Å². The second-order valence-electron chi connectivity index (χ2n) is 7.80. The average molecular weight is 437 g/mol. The van der Waals surface area contributed by atoms with Crippen LogP contribution in [0.25, 0.3) is 28.0 Å². The molecule has 6 heteroatoms. The summed E-state index contributed by atoms with van der Waals surface area (Å²) in [6, 6.07) is 29.7. The summed E-state index contributed by atoms with van der Waals surface area (Å²) in [6.45, 7) is 1.10. The molecule has 2 N–H and O–H groups in total. The van der Waals surface area contributed by atoms with Crippen LogP contribution in [0.3, 0.4) is 0 Å². The second-order valence-corrected chi connectivity index (χ2v) is 7.80. The van der Waals surface area contributed by atoms with Gasteiger partial charge in [-0.2, -0.15) is 5.10 Å². The predicted molar refractivity (Wildman–Crippen MR) is 131 cm³/mol. The van der Waals surface area contributed by atoms with Gasteiger partial charge in [0.2, 0.25) is 0 Å². The molecule has 33 heavy (non-hydrogen) atoms. The van der Waals surface area contributed by atoms with Crippen molar-refractivity contribution in [2.45, 2.75) is 13.1 Å². The van der Waals surface area contributed by atoms with Gasteiger partial charge in [0.15, 0.2) is 0 Å². The normalized spacial score (nSPS) is 11.1. The van der Waals surface area contributed by atoms with Crippen molar-refractivity contribution in [3.63, 3.8) is 0 Å². The fraction of sp³-hybridized carbons (Fsp3) is 0.111. The Morgan fingerprint density at radius 3 is 2.30 bits per heavy atom. The highest BCUT2D eigenvalue weighted by atomic mass is 16.5. The van der Waals surface area contributed by atoms with Gasteiger partial charge in [-0.05, 0) is 35.9 Å². The summed E-state index contributed by atoms with van der Waals surface area (Å²) < 4.78 is 7.01. The molecule has 0 bridgehead atoms. The minimum atomic E-state index is -0.124. The van der Waals surface area contributed by atoms with Gasteiger partial charge in [-0.25, -0.2) is 4.68 Å². The Kier molecular flexibility index (Phi) is 5.74. The van der Waals surface area contributed by atoms with E-state index in [9.17, 15) is 4.79 Å². The predicted octanol–water partition coefficient (Wildman–Crippen LogP) is 4.68. The van der Waals surface area contributed by atoms with Crippen LogP contribution >= 0.6 is 0 Å². The molecular formula is C27H24N4O2. The van der Waals surface area contributed by atoms with Crippen LogP contribution in [0.2, 0.25) is 0 Å². The number of benzene rings is 3. The highest BCUT2D eigenvalue weighted by Gasteiger charge is 2.16. The maximum Gasteiger partial charge on any atom is 0.254 e. The van der Waals surface area contributed by atoms with Crippen molar-refractivity contribution in [1.29, 1.82) is 0 Å². The lowest BCUT2D eigenvalue weighted by molar-refractivity contribution is 0.414. The molecule has 2 aromatic heterocycles. The highest BCUT2D eigenvalue weighted by molar-refractivity contribution is 5.92.